The van der Waals surface area contributed by atoms with Crippen LogP contribution in [-0.4, -0.2) is 26.2 Å². The van der Waals surface area contributed by atoms with Crippen LogP contribution in [0.15, 0.2) is 64.2 Å². The molecule has 0 saturated carbocycles. The molecule has 0 atom stereocenters. The molecular formula is C22H22N4O3. The minimum absolute atomic E-state index is 0.331. The molecule has 2 aromatic heterocycles. The summed E-state index contributed by atoms with van der Waals surface area (Å²) in [5, 5.41) is 0. The molecule has 0 unspecified atom stereocenters. The zero-order valence-corrected chi connectivity index (χ0v) is 16.4. The number of hydrogen-bond donors (Lipinski definition) is 1. The van der Waals surface area contributed by atoms with Crippen LogP contribution < -0.4 is 16.0 Å². The van der Waals surface area contributed by atoms with Crippen molar-refractivity contribution in [1.29, 1.82) is 0 Å². The third-order valence-corrected chi connectivity index (χ3v) is 4.86. The Morgan fingerprint density at radius 1 is 1.00 bits per heavy atom. The Morgan fingerprint density at radius 2 is 1.72 bits per heavy atom. The van der Waals surface area contributed by atoms with Gasteiger partial charge in [-0.1, -0.05) is 37.3 Å². The van der Waals surface area contributed by atoms with E-state index in [0.717, 1.165) is 23.3 Å². The Morgan fingerprint density at radius 3 is 2.38 bits per heavy atom. The van der Waals surface area contributed by atoms with E-state index in [1.165, 1.54) is 4.57 Å². The Bertz CT molecular complexity index is 1250. The van der Waals surface area contributed by atoms with E-state index in [1.807, 2.05) is 66.1 Å². The highest BCUT2D eigenvalue weighted by Crippen LogP contribution is 2.25. The van der Waals surface area contributed by atoms with Gasteiger partial charge in [0.2, 0.25) is 0 Å². The maximum atomic E-state index is 12.7. The van der Waals surface area contributed by atoms with E-state index in [9.17, 15) is 9.59 Å². The topological polar surface area (TPSA) is 81.9 Å². The van der Waals surface area contributed by atoms with Crippen molar-refractivity contribution in [3.8, 4) is 17.1 Å². The van der Waals surface area contributed by atoms with E-state index < -0.39 is 11.2 Å². The zero-order valence-electron chi connectivity index (χ0n) is 16.4. The van der Waals surface area contributed by atoms with Gasteiger partial charge in [-0.15, -0.1) is 0 Å². The van der Waals surface area contributed by atoms with Crippen molar-refractivity contribution >= 4 is 11.2 Å². The van der Waals surface area contributed by atoms with Crippen LogP contribution in [0.1, 0.15) is 18.9 Å². The molecule has 4 aromatic rings. The van der Waals surface area contributed by atoms with Gasteiger partial charge in [0.25, 0.3) is 5.56 Å². The Hall–Kier alpha value is -3.61. The van der Waals surface area contributed by atoms with E-state index in [1.54, 1.807) is 7.11 Å². The summed E-state index contributed by atoms with van der Waals surface area (Å²) in [4.78, 5) is 32.5. The number of fused-ring (bicyclic) bond motifs is 1. The molecule has 0 radical (unpaired) electrons. The minimum atomic E-state index is -0.464. The largest absolute Gasteiger partial charge is 0.497 e. The summed E-state index contributed by atoms with van der Waals surface area (Å²) >= 11 is 0. The predicted molar refractivity (Wildman–Crippen MR) is 112 cm³/mol. The maximum absolute atomic E-state index is 12.7. The summed E-state index contributed by atoms with van der Waals surface area (Å²) < 4.78 is 8.64. The second-order valence-corrected chi connectivity index (χ2v) is 6.82. The van der Waals surface area contributed by atoms with Gasteiger partial charge >= 0.3 is 5.69 Å². The van der Waals surface area contributed by atoms with Crippen LogP contribution in [0.5, 0.6) is 5.75 Å². The Kier molecular flexibility index (Phi) is 5.03. The van der Waals surface area contributed by atoms with Gasteiger partial charge in [0, 0.05) is 12.1 Å². The Labute approximate surface area is 167 Å². The minimum Gasteiger partial charge on any atom is -0.497 e. The fourth-order valence-electron chi connectivity index (χ4n) is 3.49. The molecular weight excluding hydrogens is 368 g/mol. The standard InChI is InChI=1S/C22H22N4O3/c1-3-13-25-18-20(23-19(25)16-9-11-17(29-2)12-10-16)26(22(28)24-21(18)27)14-15-7-5-4-6-8-15/h4-12H,3,13-14H2,1-2H3,(H,24,27,28). The SMILES string of the molecule is CCCn1c(-c2ccc(OC)cc2)nc2c1c(=O)[nH]c(=O)n2Cc1ccccc1. The molecule has 7 nitrogen and oxygen atoms in total. The van der Waals surface area contributed by atoms with E-state index in [-0.39, 0.29) is 0 Å². The van der Waals surface area contributed by atoms with Crippen molar-refractivity contribution in [1.82, 2.24) is 19.1 Å². The third kappa shape index (κ3) is 3.47. The van der Waals surface area contributed by atoms with Gasteiger partial charge in [0.1, 0.15) is 11.6 Å². The molecule has 0 fully saturated rings. The van der Waals surface area contributed by atoms with Gasteiger partial charge in [-0.25, -0.2) is 9.78 Å². The van der Waals surface area contributed by atoms with Crippen molar-refractivity contribution in [2.75, 3.05) is 7.11 Å². The summed E-state index contributed by atoms with van der Waals surface area (Å²) in [6.07, 6.45) is 0.825. The van der Waals surface area contributed by atoms with Crippen LogP contribution in [-0.2, 0) is 13.1 Å². The normalized spacial score (nSPS) is 11.1. The van der Waals surface area contributed by atoms with Gasteiger partial charge in [-0.05, 0) is 36.2 Å². The second kappa shape index (κ2) is 7.79. The number of rotatable bonds is 6. The van der Waals surface area contributed by atoms with Crippen molar-refractivity contribution in [2.24, 2.45) is 0 Å². The van der Waals surface area contributed by atoms with Crippen molar-refractivity contribution in [2.45, 2.75) is 26.4 Å². The first-order valence-electron chi connectivity index (χ1n) is 9.54. The molecule has 1 N–H and O–H groups in total. The number of H-pyrrole nitrogens is 1. The lowest BCUT2D eigenvalue weighted by Gasteiger charge is -2.08. The number of aryl methyl sites for hydroxylation is 1. The number of methoxy groups -OCH3 is 1. The van der Waals surface area contributed by atoms with Crippen LogP contribution in [0.3, 0.4) is 0 Å². The van der Waals surface area contributed by atoms with Crippen molar-refractivity contribution in [3.63, 3.8) is 0 Å². The first kappa shape index (κ1) is 18.7. The molecule has 0 amide bonds. The molecule has 2 aromatic carbocycles. The molecule has 0 aliphatic carbocycles. The maximum Gasteiger partial charge on any atom is 0.330 e. The number of ether oxygens (including phenoxy) is 1. The fraction of sp³-hybridized carbons (Fsp3) is 0.227. The average Bonchev–Trinajstić information content (AvgIpc) is 3.12. The molecule has 0 spiro atoms. The van der Waals surface area contributed by atoms with Gasteiger partial charge in [0.05, 0.1) is 13.7 Å². The number of hydrogen-bond acceptors (Lipinski definition) is 4. The Balaban J connectivity index is 1.96. The fourth-order valence-corrected chi connectivity index (χ4v) is 3.49. The van der Waals surface area contributed by atoms with E-state index in [4.69, 9.17) is 9.72 Å². The molecule has 0 aliphatic rings. The van der Waals surface area contributed by atoms with E-state index in [0.29, 0.717) is 30.1 Å². The first-order valence-corrected chi connectivity index (χ1v) is 9.54. The molecule has 0 saturated heterocycles. The van der Waals surface area contributed by atoms with Crippen molar-refractivity contribution in [3.05, 3.63) is 81.0 Å². The quantitative estimate of drug-likeness (QED) is 0.549. The summed E-state index contributed by atoms with van der Waals surface area (Å²) in [5.74, 6) is 1.40. The van der Waals surface area contributed by atoms with Crippen LogP contribution in [0.25, 0.3) is 22.6 Å². The highest BCUT2D eigenvalue weighted by Gasteiger charge is 2.19. The number of aromatic nitrogens is 4. The monoisotopic (exact) mass is 390 g/mol. The second-order valence-electron chi connectivity index (χ2n) is 6.82. The van der Waals surface area contributed by atoms with Gasteiger partial charge < -0.3 is 9.30 Å². The molecule has 0 bridgehead atoms. The number of nitrogens with zero attached hydrogens (tertiary/aromatic N) is 3. The highest BCUT2D eigenvalue weighted by atomic mass is 16.5. The molecule has 7 heteroatoms. The lowest BCUT2D eigenvalue weighted by molar-refractivity contribution is 0.415. The molecule has 148 valence electrons. The predicted octanol–water partition coefficient (Wildman–Crippen LogP) is 3.02. The number of aromatic amines is 1. The molecule has 2 heterocycles. The average molecular weight is 390 g/mol. The van der Waals surface area contributed by atoms with Crippen molar-refractivity contribution < 1.29 is 4.74 Å². The van der Waals surface area contributed by atoms with Gasteiger partial charge in [-0.3, -0.25) is 14.3 Å². The number of imidazole rings is 1. The van der Waals surface area contributed by atoms with Gasteiger partial charge in [0.15, 0.2) is 11.2 Å². The number of benzene rings is 2. The van der Waals surface area contributed by atoms with Crippen LogP contribution in [0.2, 0.25) is 0 Å². The first-order chi connectivity index (χ1) is 14.1. The van der Waals surface area contributed by atoms with Crippen LogP contribution in [0, 0.1) is 0 Å². The highest BCUT2D eigenvalue weighted by molar-refractivity contribution is 5.77. The molecule has 0 aliphatic heterocycles. The lowest BCUT2D eigenvalue weighted by Crippen LogP contribution is -2.31. The van der Waals surface area contributed by atoms with E-state index in [2.05, 4.69) is 4.98 Å². The van der Waals surface area contributed by atoms with Crippen LogP contribution in [0.4, 0.5) is 0 Å². The van der Waals surface area contributed by atoms with Gasteiger partial charge in [-0.2, -0.15) is 0 Å². The zero-order chi connectivity index (χ0) is 20.4. The summed E-state index contributed by atoms with van der Waals surface area (Å²) in [6.45, 7) is 2.99. The van der Waals surface area contributed by atoms with E-state index >= 15 is 0 Å². The molecule has 4 rings (SSSR count). The summed E-state index contributed by atoms with van der Waals surface area (Å²) in [7, 11) is 1.61. The molecule has 29 heavy (non-hydrogen) atoms. The smallest absolute Gasteiger partial charge is 0.330 e. The van der Waals surface area contributed by atoms with Crippen LogP contribution >= 0.6 is 0 Å². The summed E-state index contributed by atoms with van der Waals surface area (Å²) in [5.41, 5.74) is 1.73. The third-order valence-electron chi connectivity index (χ3n) is 4.86. The number of nitrogens with one attached hydrogen (secondary N) is 1. The lowest BCUT2D eigenvalue weighted by atomic mass is 10.2. The summed E-state index contributed by atoms with van der Waals surface area (Å²) in [6, 6.07) is 17.2.